The van der Waals surface area contributed by atoms with E-state index in [9.17, 15) is 4.79 Å². The highest BCUT2D eigenvalue weighted by Gasteiger charge is 2.24. The molecule has 0 saturated heterocycles. The molecule has 0 atom stereocenters. The molecule has 1 aromatic carbocycles. The number of thiazole rings is 1. The number of benzene rings is 1. The van der Waals surface area contributed by atoms with Gasteiger partial charge in [0.25, 0.3) is 0 Å². The van der Waals surface area contributed by atoms with Gasteiger partial charge in [0.15, 0.2) is 10.3 Å². The number of nitrogens with zero attached hydrogens (tertiary/aromatic N) is 4. The van der Waals surface area contributed by atoms with Gasteiger partial charge in [0.2, 0.25) is 5.91 Å². The zero-order valence-electron chi connectivity index (χ0n) is 14.9. The molecule has 1 fully saturated rings. The van der Waals surface area contributed by atoms with Crippen LogP contribution in [0.5, 0.6) is 0 Å². The SMILES string of the molecule is C=CCn1c(SCC(=O)Nc2nc3ccccc3s2)nnc1C1CCCC1. The smallest absolute Gasteiger partial charge is 0.236 e. The van der Waals surface area contributed by atoms with Crippen molar-refractivity contribution in [3.8, 4) is 0 Å². The molecule has 4 rings (SSSR count). The fraction of sp³-hybridized carbons (Fsp3) is 0.368. The first-order valence-corrected chi connectivity index (χ1v) is 10.9. The Morgan fingerprint density at radius 2 is 2.15 bits per heavy atom. The molecule has 1 N–H and O–H groups in total. The summed E-state index contributed by atoms with van der Waals surface area (Å²) in [5.41, 5.74) is 0.900. The van der Waals surface area contributed by atoms with Crippen molar-refractivity contribution >= 4 is 44.4 Å². The minimum atomic E-state index is -0.0883. The van der Waals surface area contributed by atoms with Crippen LogP contribution in [-0.4, -0.2) is 31.4 Å². The number of fused-ring (bicyclic) bond motifs is 1. The van der Waals surface area contributed by atoms with Crippen LogP contribution in [0.25, 0.3) is 10.2 Å². The second kappa shape index (κ2) is 8.22. The molecule has 0 bridgehead atoms. The van der Waals surface area contributed by atoms with Crippen LogP contribution < -0.4 is 5.32 Å². The van der Waals surface area contributed by atoms with Gasteiger partial charge in [-0.15, -0.1) is 16.8 Å². The first kappa shape index (κ1) is 18.2. The predicted molar refractivity (Wildman–Crippen MR) is 110 cm³/mol. The summed E-state index contributed by atoms with van der Waals surface area (Å²) >= 11 is 2.89. The van der Waals surface area contributed by atoms with Crippen molar-refractivity contribution < 1.29 is 4.79 Å². The highest BCUT2D eigenvalue weighted by atomic mass is 32.2. The number of para-hydroxylation sites is 1. The lowest BCUT2D eigenvalue weighted by atomic mass is 10.1. The lowest BCUT2D eigenvalue weighted by Gasteiger charge is -2.11. The van der Waals surface area contributed by atoms with Crippen LogP contribution in [0.1, 0.15) is 37.4 Å². The molecule has 1 aliphatic carbocycles. The Hall–Kier alpha value is -2.19. The molecule has 1 amide bonds. The van der Waals surface area contributed by atoms with E-state index in [2.05, 4.69) is 31.6 Å². The number of rotatable bonds is 7. The summed E-state index contributed by atoms with van der Waals surface area (Å²) in [6.07, 6.45) is 6.68. The van der Waals surface area contributed by atoms with E-state index in [1.54, 1.807) is 0 Å². The molecular weight excluding hydrogens is 378 g/mol. The van der Waals surface area contributed by atoms with E-state index in [0.29, 0.717) is 17.6 Å². The maximum Gasteiger partial charge on any atom is 0.236 e. The van der Waals surface area contributed by atoms with Gasteiger partial charge in [-0.25, -0.2) is 4.98 Å². The number of thioether (sulfide) groups is 1. The second-order valence-corrected chi connectivity index (χ2v) is 8.52. The Bertz CT molecular complexity index is 925. The number of carbonyl (C=O) groups excluding carboxylic acids is 1. The van der Waals surface area contributed by atoms with E-state index in [1.807, 2.05) is 30.3 Å². The van der Waals surface area contributed by atoms with E-state index in [4.69, 9.17) is 0 Å². The number of allylic oxidation sites excluding steroid dienone is 1. The Balaban J connectivity index is 1.41. The molecule has 0 unspecified atom stereocenters. The largest absolute Gasteiger partial charge is 0.302 e. The van der Waals surface area contributed by atoms with Gasteiger partial charge in [-0.3, -0.25) is 4.79 Å². The van der Waals surface area contributed by atoms with E-state index >= 15 is 0 Å². The zero-order chi connectivity index (χ0) is 18.6. The number of aromatic nitrogens is 4. The van der Waals surface area contributed by atoms with Gasteiger partial charge in [0, 0.05) is 12.5 Å². The summed E-state index contributed by atoms with van der Waals surface area (Å²) < 4.78 is 3.16. The molecule has 27 heavy (non-hydrogen) atoms. The van der Waals surface area contributed by atoms with Crippen LogP contribution >= 0.6 is 23.1 Å². The first-order valence-electron chi connectivity index (χ1n) is 9.07. The maximum absolute atomic E-state index is 12.4. The van der Waals surface area contributed by atoms with Gasteiger partial charge >= 0.3 is 0 Å². The quantitative estimate of drug-likeness (QED) is 0.469. The standard InChI is InChI=1S/C19H21N5OS2/c1-2-11-24-17(13-7-3-4-8-13)22-23-19(24)26-12-16(25)21-18-20-14-9-5-6-10-15(14)27-18/h2,5-6,9-10,13H,1,3-4,7-8,11-12H2,(H,20,21,25). The van der Waals surface area contributed by atoms with Gasteiger partial charge < -0.3 is 9.88 Å². The topological polar surface area (TPSA) is 72.7 Å². The first-order chi connectivity index (χ1) is 13.2. The third-order valence-electron chi connectivity index (χ3n) is 4.65. The summed E-state index contributed by atoms with van der Waals surface area (Å²) in [7, 11) is 0. The third kappa shape index (κ3) is 4.06. The molecule has 2 heterocycles. The number of hydrogen-bond acceptors (Lipinski definition) is 6. The number of anilines is 1. The van der Waals surface area contributed by atoms with Gasteiger partial charge in [0.1, 0.15) is 5.82 Å². The van der Waals surface area contributed by atoms with Crippen molar-refractivity contribution in [2.45, 2.75) is 43.3 Å². The molecule has 0 aliphatic heterocycles. The average molecular weight is 400 g/mol. The molecular formula is C19H21N5OS2. The molecule has 3 aromatic rings. The lowest BCUT2D eigenvalue weighted by molar-refractivity contribution is -0.113. The Morgan fingerprint density at radius 1 is 1.33 bits per heavy atom. The second-order valence-electron chi connectivity index (χ2n) is 6.55. The van der Waals surface area contributed by atoms with E-state index in [0.717, 1.165) is 34.0 Å². The lowest BCUT2D eigenvalue weighted by Crippen LogP contribution is -2.14. The van der Waals surface area contributed by atoms with Gasteiger partial charge in [-0.1, -0.05) is 54.1 Å². The summed E-state index contributed by atoms with van der Waals surface area (Å²) in [5.74, 6) is 1.69. The molecule has 140 valence electrons. The Kier molecular flexibility index (Phi) is 5.54. The maximum atomic E-state index is 12.4. The van der Waals surface area contributed by atoms with Crippen molar-refractivity contribution in [3.05, 3.63) is 42.7 Å². The Morgan fingerprint density at radius 3 is 2.93 bits per heavy atom. The molecule has 8 heteroatoms. The summed E-state index contributed by atoms with van der Waals surface area (Å²) in [6, 6.07) is 7.85. The van der Waals surface area contributed by atoms with Crippen LogP contribution in [-0.2, 0) is 11.3 Å². The summed E-state index contributed by atoms with van der Waals surface area (Å²) in [6.45, 7) is 4.51. The molecule has 1 aliphatic rings. The van der Waals surface area contributed by atoms with Gasteiger partial charge in [-0.2, -0.15) is 0 Å². The molecule has 1 saturated carbocycles. The molecule has 0 spiro atoms. The third-order valence-corrected chi connectivity index (χ3v) is 6.57. The van der Waals surface area contributed by atoms with Crippen LogP contribution in [0.3, 0.4) is 0 Å². The van der Waals surface area contributed by atoms with Crippen molar-refractivity contribution in [3.63, 3.8) is 0 Å². The van der Waals surface area contributed by atoms with Gasteiger partial charge in [-0.05, 0) is 25.0 Å². The predicted octanol–water partition coefficient (Wildman–Crippen LogP) is 4.46. The molecule has 6 nitrogen and oxygen atoms in total. The Labute approximate surface area is 166 Å². The van der Waals surface area contributed by atoms with Crippen molar-refractivity contribution in [1.82, 2.24) is 19.7 Å². The van der Waals surface area contributed by atoms with Crippen LogP contribution in [0.2, 0.25) is 0 Å². The van der Waals surface area contributed by atoms with Crippen molar-refractivity contribution in [2.75, 3.05) is 11.1 Å². The highest BCUT2D eigenvalue weighted by molar-refractivity contribution is 7.99. The van der Waals surface area contributed by atoms with Crippen LogP contribution in [0.15, 0.2) is 42.1 Å². The highest BCUT2D eigenvalue weighted by Crippen LogP contribution is 2.34. The minimum Gasteiger partial charge on any atom is -0.302 e. The van der Waals surface area contributed by atoms with E-state index in [1.165, 1.54) is 35.9 Å². The fourth-order valence-electron chi connectivity index (χ4n) is 3.40. The fourth-order valence-corrected chi connectivity index (χ4v) is 5.04. The minimum absolute atomic E-state index is 0.0883. The number of nitrogens with one attached hydrogen (secondary N) is 1. The number of carbonyl (C=O) groups is 1. The summed E-state index contributed by atoms with van der Waals surface area (Å²) in [4.78, 5) is 16.8. The number of hydrogen-bond donors (Lipinski definition) is 1. The zero-order valence-corrected chi connectivity index (χ0v) is 16.6. The van der Waals surface area contributed by atoms with Crippen LogP contribution in [0.4, 0.5) is 5.13 Å². The van der Waals surface area contributed by atoms with Crippen LogP contribution in [0, 0.1) is 0 Å². The molecule has 2 aromatic heterocycles. The van der Waals surface area contributed by atoms with Gasteiger partial charge in [0.05, 0.1) is 16.0 Å². The van der Waals surface area contributed by atoms with E-state index < -0.39 is 0 Å². The normalized spacial score (nSPS) is 14.7. The average Bonchev–Trinajstić information content (AvgIpc) is 3.39. The van der Waals surface area contributed by atoms with E-state index in [-0.39, 0.29) is 11.7 Å². The number of amides is 1. The molecule has 0 radical (unpaired) electrons. The summed E-state index contributed by atoms with van der Waals surface area (Å²) in [5, 5.41) is 13.0. The van der Waals surface area contributed by atoms with Crippen molar-refractivity contribution in [1.29, 1.82) is 0 Å². The van der Waals surface area contributed by atoms with Crippen molar-refractivity contribution in [2.24, 2.45) is 0 Å². The monoisotopic (exact) mass is 399 g/mol.